The lowest BCUT2D eigenvalue weighted by molar-refractivity contribution is 0.467. The molecule has 2 unspecified atom stereocenters. The fraction of sp³-hybridized carbons (Fsp3) is 0.571. The van der Waals surface area contributed by atoms with Gasteiger partial charge in [0.05, 0.1) is 0 Å². The van der Waals surface area contributed by atoms with Gasteiger partial charge >= 0.3 is 0 Å². The molecule has 0 amide bonds. The van der Waals surface area contributed by atoms with E-state index in [1.165, 1.54) is 19.3 Å². The molecule has 0 saturated heterocycles. The van der Waals surface area contributed by atoms with Crippen LogP contribution in [0, 0.1) is 19.8 Å². The first-order valence-corrected chi connectivity index (χ1v) is 6.13. The van der Waals surface area contributed by atoms with Crippen LogP contribution in [0.4, 0.5) is 5.69 Å². The Morgan fingerprint density at radius 3 is 2.62 bits per heavy atom. The monoisotopic (exact) mass is 219 g/mol. The van der Waals surface area contributed by atoms with E-state index < -0.39 is 0 Å². The highest BCUT2D eigenvalue weighted by atomic mass is 16.3. The van der Waals surface area contributed by atoms with Crippen molar-refractivity contribution in [3.63, 3.8) is 0 Å². The number of rotatable bonds is 2. The number of phenolic OH excluding ortho intramolecular Hbond substituents is 1. The fourth-order valence-corrected chi connectivity index (χ4v) is 2.55. The number of nitrogens with one attached hydrogen (secondary N) is 1. The lowest BCUT2D eigenvalue weighted by atomic mass is 10.1. The number of anilines is 1. The minimum Gasteiger partial charge on any atom is -0.507 e. The van der Waals surface area contributed by atoms with Crippen molar-refractivity contribution in [1.29, 1.82) is 0 Å². The molecule has 0 radical (unpaired) electrons. The van der Waals surface area contributed by atoms with Crippen LogP contribution in [-0.2, 0) is 0 Å². The molecule has 2 rings (SSSR count). The minimum atomic E-state index is 0.427. The van der Waals surface area contributed by atoms with Crippen LogP contribution < -0.4 is 5.32 Å². The quantitative estimate of drug-likeness (QED) is 0.796. The average Bonchev–Trinajstić information content (AvgIpc) is 2.65. The molecule has 0 bridgehead atoms. The van der Waals surface area contributed by atoms with Gasteiger partial charge in [0.1, 0.15) is 5.75 Å². The van der Waals surface area contributed by atoms with Gasteiger partial charge in [-0.15, -0.1) is 0 Å². The topological polar surface area (TPSA) is 32.3 Å². The molecule has 16 heavy (non-hydrogen) atoms. The van der Waals surface area contributed by atoms with E-state index in [9.17, 15) is 5.11 Å². The molecule has 2 N–H and O–H groups in total. The maximum atomic E-state index is 9.87. The third-order valence-electron chi connectivity index (χ3n) is 3.69. The van der Waals surface area contributed by atoms with Crippen molar-refractivity contribution in [1.82, 2.24) is 0 Å². The lowest BCUT2D eigenvalue weighted by Crippen LogP contribution is -2.16. The predicted octanol–water partition coefficient (Wildman–Crippen LogP) is 3.61. The molecule has 88 valence electrons. The Kier molecular flexibility index (Phi) is 3.08. The zero-order valence-corrected chi connectivity index (χ0v) is 10.4. The summed E-state index contributed by atoms with van der Waals surface area (Å²) in [6.07, 6.45) is 3.80. The van der Waals surface area contributed by atoms with E-state index in [0.29, 0.717) is 11.8 Å². The second-order valence-electron chi connectivity index (χ2n) is 5.16. The molecule has 1 saturated carbocycles. The van der Waals surface area contributed by atoms with Crippen LogP contribution in [0.1, 0.15) is 37.3 Å². The summed E-state index contributed by atoms with van der Waals surface area (Å²) in [6, 6.07) is 4.63. The first-order valence-electron chi connectivity index (χ1n) is 6.13. The minimum absolute atomic E-state index is 0.427. The normalized spacial score (nSPS) is 24.7. The number of hydrogen-bond acceptors (Lipinski definition) is 2. The molecule has 1 aromatic rings. The smallest absolute Gasteiger partial charge is 0.123 e. The van der Waals surface area contributed by atoms with Crippen LogP contribution in [0.25, 0.3) is 0 Å². The third kappa shape index (κ3) is 2.16. The van der Waals surface area contributed by atoms with Gasteiger partial charge in [-0.1, -0.05) is 13.0 Å². The van der Waals surface area contributed by atoms with Crippen molar-refractivity contribution in [2.45, 2.75) is 46.1 Å². The number of aryl methyl sites for hydroxylation is 1. The van der Waals surface area contributed by atoms with Crippen molar-refractivity contribution in [3.05, 3.63) is 23.3 Å². The van der Waals surface area contributed by atoms with Gasteiger partial charge < -0.3 is 10.4 Å². The zero-order valence-electron chi connectivity index (χ0n) is 10.4. The Morgan fingerprint density at radius 2 is 2.00 bits per heavy atom. The van der Waals surface area contributed by atoms with E-state index in [0.717, 1.165) is 22.7 Å². The molecule has 0 aromatic heterocycles. The summed E-state index contributed by atoms with van der Waals surface area (Å²) < 4.78 is 0. The second-order valence-corrected chi connectivity index (χ2v) is 5.16. The highest BCUT2D eigenvalue weighted by Crippen LogP contribution is 2.32. The van der Waals surface area contributed by atoms with Crippen LogP contribution in [0.2, 0.25) is 0 Å². The lowest BCUT2D eigenvalue weighted by Gasteiger charge is -2.17. The van der Waals surface area contributed by atoms with Crippen molar-refractivity contribution in [3.8, 4) is 5.75 Å². The summed E-state index contributed by atoms with van der Waals surface area (Å²) in [5, 5.41) is 13.4. The van der Waals surface area contributed by atoms with E-state index in [4.69, 9.17) is 0 Å². The van der Waals surface area contributed by atoms with Crippen LogP contribution in [0.5, 0.6) is 5.75 Å². The number of aromatic hydroxyl groups is 1. The molecule has 2 atom stereocenters. The molecule has 0 aliphatic heterocycles. The molecule has 1 aliphatic rings. The first-order chi connectivity index (χ1) is 7.58. The number of phenols is 1. The second kappa shape index (κ2) is 4.36. The molecule has 0 heterocycles. The summed E-state index contributed by atoms with van der Waals surface area (Å²) in [5.41, 5.74) is 3.00. The predicted molar refractivity (Wildman–Crippen MR) is 68.0 cm³/mol. The van der Waals surface area contributed by atoms with Gasteiger partial charge in [0.15, 0.2) is 0 Å². The summed E-state index contributed by atoms with van der Waals surface area (Å²) in [7, 11) is 0. The van der Waals surface area contributed by atoms with Crippen LogP contribution >= 0.6 is 0 Å². The molecular formula is C14H21NO. The van der Waals surface area contributed by atoms with E-state index >= 15 is 0 Å². The van der Waals surface area contributed by atoms with Gasteiger partial charge in [0.25, 0.3) is 0 Å². The Hall–Kier alpha value is -1.18. The summed E-state index contributed by atoms with van der Waals surface area (Å²) >= 11 is 0. The average molecular weight is 219 g/mol. The molecule has 1 fully saturated rings. The number of benzene rings is 1. The molecule has 2 heteroatoms. The number of hydrogen-bond donors (Lipinski definition) is 2. The van der Waals surface area contributed by atoms with E-state index in [-0.39, 0.29) is 0 Å². The van der Waals surface area contributed by atoms with E-state index in [2.05, 4.69) is 18.3 Å². The van der Waals surface area contributed by atoms with Gasteiger partial charge in [-0.2, -0.15) is 0 Å². The standard InChI is InChI=1S/C14H21NO/c1-9-4-6-12(8-9)15-13-7-5-10(2)14(16)11(13)3/h5,7,9,12,15-16H,4,6,8H2,1-3H3. The van der Waals surface area contributed by atoms with Crippen LogP contribution in [-0.4, -0.2) is 11.1 Å². The van der Waals surface area contributed by atoms with Crippen molar-refractivity contribution in [2.24, 2.45) is 5.92 Å². The Labute approximate surface area is 97.7 Å². The van der Waals surface area contributed by atoms with Gasteiger partial charge in [-0.25, -0.2) is 0 Å². The zero-order chi connectivity index (χ0) is 11.7. The first kappa shape index (κ1) is 11.3. The summed E-state index contributed by atoms with van der Waals surface area (Å²) in [6.45, 7) is 6.22. The van der Waals surface area contributed by atoms with Gasteiger partial charge in [-0.3, -0.25) is 0 Å². The maximum Gasteiger partial charge on any atom is 0.123 e. The Morgan fingerprint density at radius 1 is 1.25 bits per heavy atom. The fourth-order valence-electron chi connectivity index (χ4n) is 2.55. The Bertz CT molecular complexity index is 387. The molecular weight excluding hydrogens is 198 g/mol. The van der Waals surface area contributed by atoms with Gasteiger partial charge in [-0.05, 0) is 50.7 Å². The SMILES string of the molecule is Cc1ccc(NC2CCC(C)C2)c(C)c1O. The van der Waals surface area contributed by atoms with E-state index in [1.807, 2.05) is 19.9 Å². The summed E-state index contributed by atoms with van der Waals surface area (Å²) in [5.74, 6) is 1.26. The molecule has 1 aliphatic carbocycles. The van der Waals surface area contributed by atoms with Gasteiger partial charge in [0.2, 0.25) is 0 Å². The summed E-state index contributed by atoms with van der Waals surface area (Å²) in [4.78, 5) is 0. The highest BCUT2D eigenvalue weighted by molar-refractivity contribution is 5.59. The van der Waals surface area contributed by atoms with Gasteiger partial charge in [0, 0.05) is 17.3 Å². The van der Waals surface area contributed by atoms with Crippen molar-refractivity contribution < 1.29 is 5.11 Å². The van der Waals surface area contributed by atoms with Crippen molar-refractivity contribution in [2.75, 3.05) is 5.32 Å². The highest BCUT2D eigenvalue weighted by Gasteiger charge is 2.21. The third-order valence-corrected chi connectivity index (χ3v) is 3.69. The van der Waals surface area contributed by atoms with Crippen LogP contribution in [0.3, 0.4) is 0 Å². The largest absolute Gasteiger partial charge is 0.507 e. The van der Waals surface area contributed by atoms with E-state index in [1.54, 1.807) is 0 Å². The molecule has 1 aromatic carbocycles. The molecule has 2 nitrogen and oxygen atoms in total. The Balaban J connectivity index is 2.13. The van der Waals surface area contributed by atoms with Crippen molar-refractivity contribution >= 4 is 5.69 Å². The van der Waals surface area contributed by atoms with Crippen LogP contribution in [0.15, 0.2) is 12.1 Å². The maximum absolute atomic E-state index is 9.87. The molecule has 0 spiro atoms.